The second kappa shape index (κ2) is 5.93. The van der Waals surface area contributed by atoms with Gasteiger partial charge in [-0.1, -0.05) is 12.1 Å². The number of hydrogen-bond acceptors (Lipinski definition) is 3. The number of anilines is 1. The number of likely N-dealkylation sites (N-methyl/N-ethyl adjacent to an activating group) is 1. The molecule has 104 valence electrons. The maximum Gasteiger partial charge on any atom is 0.0366 e. The van der Waals surface area contributed by atoms with Gasteiger partial charge in [-0.2, -0.15) is 0 Å². The molecule has 1 aromatic carbocycles. The normalized spacial score (nSPS) is 21.4. The zero-order valence-electron chi connectivity index (χ0n) is 11.9. The molecule has 1 aliphatic carbocycles. The Kier molecular flexibility index (Phi) is 4.04. The molecule has 0 spiro atoms. The summed E-state index contributed by atoms with van der Waals surface area (Å²) in [6.07, 6.45) is 3.99. The lowest BCUT2D eigenvalue weighted by Gasteiger charge is -2.23. The average molecular weight is 259 g/mol. The summed E-state index contributed by atoms with van der Waals surface area (Å²) in [6.45, 7) is 5.75. The molecule has 1 saturated heterocycles. The molecule has 1 heterocycles. The first kappa shape index (κ1) is 12.9. The molecule has 0 atom stereocenters. The van der Waals surface area contributed by atoms with Gasteiger partial charge in [-0.15, -0.1) is 0 Å². The van der Waals surface area contributed by atoms with E-state index in [1.54, 1.807) is 0 Å². The van der Waals surface area contributed by atoms with Crippen molar-refractivity contribution >= 4 is 5.69 Å². The topological polar surface area (TPSA) is 18.5 Å². The van der Waals surface area contributed by atoms with Crippen molar-refractivity contribution in [3.63, 3.8) is 0 Å². The van der Waals surface area contributed by atoms with Crippen LogP contribution in [0.3, 0.4) is 0 Å². The van der Waals surface area contributed by atoms with Crippen molar-refractivity contribution in [1.82, 2.24) is 10.2 Å². The summed E-state index contributed by atoms with van der Waals surface area (Å²) in [6, 6.07) is 9.92. The summed E-state index contributed by atoms with van der Waals surface area (Å²) < 4.78 is 0. The van der Waals surface area contributed by atoms with E-state index in [0.29, 0.717) is 0 Å². The molecule has 2 aliphatic rings. The van der Waals surface area contributed by atoms with Crippen LogP contribution in [-0.4, -0.2) is 44.2 Å². The van der Waals surface area contributed by atoms with E-state index in [1.807, 2.05) is 0 Å². The second-order valence-corrected chi connectivity index (χ2v) is 5.97. The van der Waals surface area contributed by atoms with Crippen LogP contribution >= 0.6 is 0 Å². The van der Waals surface area contributed by atoms with Gasteiger partial charge in [0.2, 0.25) is 0 Å². The minimum atomic E-state index is 0.792. The molecule has 19 heavy (non-hydrogen) atoms. The Bertz CT molecular complexity index is 397. The first-order valence-electron chi connectivity index (χ1n) is 7.57. The molecule has 0 unspecified atom stereocenters. The molecule has 1 saturated carbocycles. The van der Waals surface area contributed by atoms with Crippen LogP contribution in [0.5, 0.6) is 0 Å². The highest BCUT2D eigenvalue weighted by atomic mass is 15.2. The van der Waals surface area contributed by atoms with Crippen LogP contribution < -0.4 is 10.2 Å². The van der Waals surface area contributed by atoms with E-state index < -0.39 is 0 Å². The van der Waals surface area contributed by atoms with E-state index in [4.69, 9.17) is 0 Å². The number of rotatable bonds is 4. The summed E-state index contributed by atoms with van der Waals surface area (Å²) in [7, 11) is 2.22. The summed E-state index contributed by atoms with van der Waals surface area (Å²) in [5.74, 6) is 0. The summed E-state index contributed by atoms with van der Waals surface area (Å²) in [4.78, 5) is 4.94. The second-order valence-electron chi connectivity index (χ2n) is 5.97. The van der Waals surface area contributed by atoms with Crippen LogP contribution in [0.25, 0.3) is 0 Å². The number of nitrogens with one attached hydrogen (secondary N) is 1. The van der Waals surface area contributed by atoms with E-state index >= 15 is 0 Å². The van der Waals surface area contributed by atoms with E-state index in [0.717, 1.165) is 19.1 Å². The lowest BCUT2D eigenvalue weighted by atomic mass is 10.2. The Hall–Kier alpha value is -1.06. The van der Waals surface area contributed by atoms with Crippen molar-refractivity contribution in [2.24, 2.45) is 0 Å². The quantitative estimate of drug-likeness (QED) is 0.893. The van der Waals surface area contributed by atoms with Crippen LogP contribution in [0.2, 0.25) is 0 Å². The minimum Gasteiger partial charge on any atom is -0.370 e. The molecule has 0 radical (unpaired) electrons. The summed E-state index contributed by atoms with van der Waals surface area (Å²) in [5, 5.41) is 3.57. The molecular weight excluding hydrogens is 234 g/mol. The number of benzene rings is 1. The lowest BCUT2D eigenvalue weighted by molar-refractivity contribution is 0.360. The maximum absolute atomic E-state index is 3.57. The molecule has 3 rings (SSSR count). The minimum absolute atomic E-state index is 0.792. The molecule has 0 amide bonds. The molecule has 0 aromatic heterocycles. The van der Waals surface area contributed by atoms with Crippen molar-refractivity contribution in [3.8, 4) is 0 Å². The van der Waals surface area contributed by atoms with Crippen LogP contribution in [0, 0.1) is 0 Å². The van der Waals surface area contributed by atoms with E-state index in [2.05, 4.69) is 46.4 Å². The van der Waals surface area contributed by atoms with Gasteiger partial charge in [-0.3, -0.25) is 0 Å². The fourth-order valence-electron chi connectivity index (χ4n) is 2.68. The highest BCUT2D eigenvalue weighted by Gasteiger charge is 2.19. The Morgan fingerprint density at radius 2 is 1.84 bits per heavy atom. The summed E-state index contributed by atoms with van der Waals surface area (Å²) in [5.41, 5.74) is 2.79. The van der Waals surface area contributed by atoms with Crippen LogP contribution in [0.4, 0.5) is 5.69 Å². The third kappa shape index (κ3) is 3.71. The number of hydrogen-bond donors (Lipinski definition) is 1. The van der Waals surface area contributed by atoms with Crippen LogP contribution in [0.1, 0.15) is 24.8 Å². The molecule has 1 aromatic rings. The zero-order chi connectivity index (χ0) is 13.1. The van der Waals surface area contributed by atoms with E-state index in [9.17, 15) is 0 Å². The van der Waals surface area contributed by atoms with Gasteiger partial charge in [-0.05, 0) is 50.6 Å². The highest BCUT2D eigenvalue weighted by molar-refractivity contribution is 5.47. The Balaban J connectivity index is 1.57. The van der Waals surface area contributed by atoms with E-state index in [1.165, 1.54) is 50.1 Å². The standard InChI is InChI=1S/C16H25N3/c1-18-9-2-10-19(12-11-18)16-7-3-14(4-8-16)13-17-15-5-6-15/h3-4,7-8,15,17H,2,5-6,9-13H2,1H3. The SMILES string of the molecule is CN1CCCN(c2ccc(CNC3CC3)cc2)CC1. The van der Waals surface area contributed by atoms with Gasteiger partial charge < -0.3 is 15.1 Å². The smallest absolute Gasteiger partial charge is 0.0366 e. The maximum atomic E-state index is 3.57. The van der Waals surface area contributed by atoms with Crippen molar-refractivity contribution in [2.45, 2.75) is 31.8 Å². The third-order valence-electron chi connectivity index (χ3n) is 4.19. The van der Waals surface area contributed by atoms with Crippen molar-refractivity contribution in [3.05, 3.63) is 29.8 Å². The Morgan fingerprint density at radius 3 is 2.58 bits per heavy atom. The van der Waals surface area contributed by atoms with Crippen molar-refractivity contribution < 1.29 is 0 Å². The van der Waals surface area contributed by atoms with Gasteiger partial charge in [0, 0.05) is 37.9 Å². The summed E-state index contributed by atoms with van der Waals surface area (Å²) >= 11 is 0. The van der Waals surface area contributed by atoms with Gasteiger partial charge >= 0.3 is 0 Å². The fourth-order valence-corrected chi connectivity index (χ4v) is 2.68. The number of nitrogens with zero attached hydrogens (tertiary/aromatic N) is 2. The average Bonchev–Trinajstić information content (AvgIpc) is 3.25. The predicted octanol–water partition coefficient (Wildman–Crippen LogP) is 2.08. The molecule has 1 N–H and O–H groups in total. The molecular formula is C16H25N3. The van der Waals surface area contributed by atoms with Gasteiger partial charge in [-0.25, -0.2) is 0 Å². The predicted molar refractivity (Wildman–Crippen MR) is 80.6 cm³/mol. The zero-order valence-corrected chi connectivity index (χ0v) is 11.9. The van der Waals surface area contributed by atoms with Crippen LogP contribution in [-0.2, 0) is 6.54 Å². The van der Waals surface area contributed by atoms with Crippen molar-refractivity contribution in [1.29, 1.82) is 0 Å². The first-order chi connectivity index (χ1) is 9.31. The highest BCUT2D eigenvalue weighted by Crippen LogP contribution is 2.20. The van der Waals surface area contributed by atoms with Gasteiger partial charge in [0.1, 0.15) is 0 Å². The van der Waals surface area contributed by atoms with Gasteiger partial charge in [0.05, 0.1) is 0 Å². The van der Waals surface area contributed by atoms with Gasteiger partial charge in [0.15, 0.2) is 0 Å². The molecule has 3 nitrogen and oxygen atoms in total. The molecule has 0 bridgehead atoms. The fraction of sp³-hybridized carbons (Fsp3) is 0.625. The Morgan fingerprint density at radius 1 is 1.05 bits per heavy atom. The van der Waals surface area contributed by atoms with E-state index in [-0.39, 0.29) is 0 Å². The Labute approximate surface area is 116 Å². The largest absolute Gasteiger partial charge is 0.370 e. The first-order valence-corrected chi connectivity index (χ1v) is 7.57. The third-order valence-corrected chi connectivity index (χ3v) is 4.19. The molecule has 1 aliphatic heterocycles. The van der Waals surface area contributed by atoms with Crippen molar-refractivity contribution in [2.75, 3.05) is 38.1 Å². The monoisotopic (exact) mass is 259 g/mol. The molecule has 3 heteroatoms. The van der Waals surface area contributed by atoms with Gasteiger partial charge in [0.25, 0.3) is 0 Å². The molecule has 2 fully saturated rings. The lowest BCUT2D eigenvalue weighted by Crippen LogP contribution is -2.28. The van der Waals surface area contributed by atoms with Crippen LogP contribution in [0.15, 0.2) is 24.3 Å².